The van der Waals surface area contributed by atoms with Crippen molar-refractivity contribution in [2.45, 2.75) is 50.6 Å². The number of nitrogens with two attached hydrogens (primary N) is 3. The van der Waals surface area contributed by atoms with Crippen LogP contribution in [0.2, 0.25) is 0 Å². The van der Waals surface area contributed by atoms with Crippen LogP contribution < -0.4 is 22.5 Å². The molecule has 8 heteroatoms. The van der Waals surface area contributed by atoms with Crippen molar-refractivity contribution >= 4 is 17.7 Å². The van der Waals surface area contributed by atoms with Gasteiger partial charge in [-0.05, 0) is 49.8 Å². The Balaban J connectivity index is 2.34. The van der Waals surface area contributed by atoms with E-state index in [0.717, 1.165) is 19.3 Å². The highest BCUT2D eigenvalue weighted by Gasteiger charge is 2.48. The molecule has 26 heavy (non-hydrogen) atoms. The van der Waals surface area contributed by atoms with Gasteiger partial charge in [0.1, 0.15) is 11.2 Å². The first kappa shape index (κ1) is 19.7. The molecule has 8 nitrogen and oxygen atoms in total. The maximum absolute atomic E-state index is 13.0. The van der Waals surface area contributed by atoms with Crippen molar-refractivity contribution in [2.75, 3.05) is 0 Å². The van der Waals surface area contributed by atoms with Crippen molar-refractivity contribution < 1.29 is 19.5 Å². The van der Waals surface area contributed by atoms with Crippen LogP contribution in [-0.4, -0.2) is 28.5 Å². The van der Waals surface area contributed by atoms with Crippen molar-refractivity contribution in [1.82, 2.24) is 5.32 Å². The highest BCUT2D eigenvalue weighted by molar-refractivity contribution is 6.07. The maximum atomic E-state index is 13.0. The normalized spacial score (nSPS) is 18.5. The summed E-state index contributed by atoms with van der Waals surface area (Å²) in [5.74, 6) is -2.41. The van der Waals surface area contributed by atoms with Crippen LogP contribution in [0, 0.1) is 5.41 Å². The van der Waals surface area contributed by atoms with Gasteiger partial charge in [-0.15, -0.1) is 0 Å². The first-order valence-corrected chi connectivity index (χ1v) is 8.64. The van der Waals surface area contributed by atoms with Crippen molar-refractivity contribution in [3.8, 4) is 5.75 Å². The molecule has 3 amide bonds. The largest absolute Gasteiger partial charge is 0.508 e. The highest BCUT2D eigenvalue weighted by atomic mass is 16.3. The number of hydrogen-bond acceptors (Lipinski definition) is 5. The third kappa shape index (κ3) is 4.51. The molecule has 1 aromatic carbocycles. The monoisotopic (exact) mass is 362 g/mol. The number of primary amides is 2. The zero-order valence-electron chi connectivity index (χ0n) is 14.7. The molecule has 0 unspecified atom stereocenters. The van der Waals surface area contributed by atoms with E-state index < -0.39 is 35.2 Å². The van der Waals surface area contributed by atoms with Crippen LogP contribution in [0.25, 0.3) is 0 Å². The summed E-state index contributed by atoms with van der Waals surface area (Å²) < 4.78 is 0. The van der Waals surface area contributed by atoms with E-state index in [1.54, 1.807) is 12.1 Å². The van der Waals surface area contributed by atoms with E-state index in [2.05, 4.69) is 5.32 Å². The maximum Gasteiger partial charge on any atom is 0.237 e. The predicted octanol–water partition coefficient (Wildman–Crippen LogP) is 0.0171. The zero-order chi connectivity index (χ0) is 19.4. The number of amides is 3. The number of carbonyl (C=O) groups excluding carboxylic acids is 3. The molecule has 1 atom stereocenters. The minimum absolute atomic E-state index is 0.0425. The fourth-order valence-corrected chi connectivity index (χ4v) is 3.42. The molecule has 0 aliphatic heterocycles. The molecule has 1 saturated carbocycles. The SMILES string of the molecule is NC(=O)C[C@](Cc1ccc(O)cc1)(C(N)=O)C(=O)NC1(N)CCCCC1. The van der Waals surface area contributed by atoms with Gasteiger partial charge >= 0.3 is 0 Å². The fourth-order valence-electron chi connectivity index (χ4n) is 3.42. The Hall–Kier alpha value is -2.61. The average molecular weight is 362 g/mol. The van der Waals surface area contributed by atoms with Gasteiger partial charge in [-0.25, -0.2) is 0 Å². The Morgan fingerprint density at radius 1 is 1.08 bits per heavy atom. The standard InChI is InChI=1S/C18H26N4O4/c19-14(24)11-17(15(20)25,10-12-4-6-13(23)7-5-12)16(26)22-18(21)8-2-1-3-9-18/h4-7,23H,1-3,8-11,21H2,(H2,19,24)(H2,20,25)(H,22,26)/t17-/m1/s1. The van der Waals surface area contributed by atoms with E-state index in [9.17, 15) is 19.5 Å². The van der Waals surface area contributed by atoms with Crippen LogP contribution in [0.4, 0.5) is 0 Å². The topological polar surface area (TPSA) is 162 Å². The lowest BCUT2D eigenvalue weighted by atomic mass is 9.75. The van der Waals surface area contributed by atoms with Crippen molar-refractivity contribution in [3.63, 3.8) is 0 Å². The quantitative estimate of drug-likeness (QED) is 0.340. The van der Waals surface area contributed by atoms with Crippen LogP contribution in [0.3, 0.4) is 0 Å². The number of nitrogens with one attached hydrogen (secondary N) is 1. The Bertz CT molecular complexity index is 683. The van der Waals surface area contributed by atoms with Crippen molar-refractivity contribution in [2.24, 2.45) is 22.6 Å². The molecule has 0 radical (unpaired) electrons. The number of phenols is 1. The molecule has 142 valence electrons. The molecular weight excluding hydrogens is 336 g/mol. The Morgan fingerprint density at radius 3 is 2.15 bits per heavy atom. The van der Waals surface area contributed by atoms with Crippen molar-refractivity contribution in [3.05, 3.63) is 29.8 Å². The molecule has 0 bridgehead atoms. The third-order valence-electron chi connectivity index (χ3n) is 4.93. The molecule has 1 fully saturated rings. The van der Waals surface area contributed by atoms with Crippen LogP contribution in [0.1, 0.15) is 44.1 Å². The van der Waals surface area contributed by atoms with E-state index in [0.29, 0.717) is 18.4 Å². The molecular formula is C18H26N4O4. The minimum atomic E-state index is -1.84. The summed E-state index contributed by atoms with van der Waals surface area (Å²) in [6.07, 6.45) is 3.30. The smallest absolute Gasteiger partial charge is 0.237 e. The van der Waals surface area contributed by atoms with Gasteiger partial charge < -0.3 is 27.6 Å². The lowest BCUT2D eigenvalue weighted by molar-refractivity contribution is -0.146. The van der Waals surface area contributed by atoms with Gasteiger partial charge in [0, 0.05) is 0 Å². The van der Waals surface area contributed by atoms with Crippen LogP contribution in [-0.2, 0) is 20.8 Å². The van der Waals surface area contributed by atoms with E-state index in [1.165, 1.54) is 12.1 Å². The lowest BCUT2D eigenvalue weighted by Crippen LogP contribution is -2.63. The molecule has 1 aliphatic carbocycles. The summed E-state index contributed by atoms with van der Waals surface area (Å²) in [5, 5.41) is 12.1. The van der Waals surface area contributed by atoms with E-state index in [-0.39, 0.29) is 12.2 Å². The third-order valence-corrected chi connectivity index (χ3v) is 4.93. The van der Waals surface area contributed by atoms with Gasteiger partial charge in [-0.2, -0.15) is 0 Å². The first-order valence-electron chi connectivity index (χ1n) is 8.64. The molecule has 2 rings (SSSR count). The van der Waals surface area contributed by atoms with Crippen LogP contribution >= 0.6 is 0 Å². The second-order valence-electron chi connectivity index (χ2n) is 7.10. The lowest BCUT2D eigenvalue weighted by Gasteiger charge is -2.38. The summed E-state index contributed by atoms with van der Waals surface area (Å²) in [5.41, 5.74) is 14.9. The summed E-state index contributed by atoms with van der Waals surface area (Å²) in [7, 11) is 0. The molecule has 0 saturated heterocycles. The second-order valence-corrected chi connectivity index (χ2v) is 7.10. The summed E-state index contributed by atoms with van der Waals surface area (Å²) >= 11 is 0. The Kier molecular flexibility index (Phi) is 5.86. The van der Waals surface area contributed by atoms with Gasteiger partial charge in [0.2, 0.25) is 17.7 Å². The Morgan fingerprint density at radius 2 is 1.65 bits per heavy atom. The number of aromatic hydroxyl groups is 1. The highest BCUT2D eigenvalue weighted by Crippen LogP contribution is 2.31. The summed E-state index contributed by atoms with van der Waals surface area (Å²) in [6, 6.07) is 5.96. The first-order chi connectivity index (χ1) is 12.2. The molecule has 1 aliphatic rings. The molecule has 8 N–H and O–H groups in total. The number of rotatable bonds is 7. The van der Waals surface area contributed by atoms with Gasteiger partial charge in [-0.1, -0.05) is 18.6 Å². The van der Waals surface area contributed by atoms with E-state index in [1.807, 2.05) is 0 Å². The molecule has 0 spiro atoms. The number of benzene rings is 1. The molecule has 1 aromatic rings. The zero-order valence-corrected chi connectivity index (χ0v) is 14.7. The number of hydrogen-bond donors (Lipinski definition) is 5. The minimum Gasteiger partial charge on any atom is -0.508 e. The van der Waals surface area contributed by atoms with E-state index in [4.69, 9.17) is 17.2 Å². The van der Waals surface area contributed by atoms with Gasteiger partial charge in [-0.3, -0.25) is 14.4 Å². The number of carbonyl (C=O) groups is 3. The number of phenolic OH excluding ortho intramolecular Hbond substituents is 1. The summed E-state index contributed by atoms with van der Waals surface area (Å²) in [6.45, 7) is 0. The van der Waals surface area contributed by atoms with Crippen LogP contribution in [0.15, 0.2) is 24.3 Å². The average Bonchev–Trinajstić information content (AvgIpc) is 2.55. The van der Waals surface area contributed by atoms with Gasteiger partial charge in [0.25, 0.3) is 0 Å². The summed E-state index contributed by atoms with van der Waals surface area (Å²) in [4.78, 5) is 36.9. The van der Waals surface area contributed by atoms with Crippen molar-refractivity contribution in [1.29, 1.82) is 0 Å². The van der Waals surface area contributed by atoms with Gasteiger partial charge in [0.05, 0.1) is 12.1 Å². The van der Waals surface area contributed by atoms with E-state index >= 15 is 0 Å². The van der Waals surface area contributed by atoms with Gasteiger partial charge in [0.15, 0.2) is 0 Å². The second kappa shape index (κ2) is 7.74. The molecule has 0 heterocycles. The van der Waals surface area contributed by atoms with Crippen LogP contribution in [0.5, 0.6) is 5.75 Å². The predicted molar refractivity (Wildman–Crippen MR) is 95.4 cm³/mol. The Labute approximate surface area is 152 Å². The fraction of sp³-hybridized carbons (Fsp3) is 0.500. The molecule has 0 aromatic heterocycles.